The number of aryl methyl sites for hydroxylation is 1. The predicted octanol–water partition coefficient (Wildman–Crippen LogP) is 4.50. The summed E-state index contributed by atoms with van der Waals surface area (Å²) in [6.07, 6.45) is -4.36. The number of rotatable bonds is 5. The van der Waals surface area contributed by atoms with Crippen LogP contribution in [0.3, 0.4) is 0 Å². The SMILES string of the molecule is Cc1ccc(Nc2nc(N)nc(CN3CCN(c4cccc(C(F)(F)F)c4)CC3)n2)cc1Cl. The summed E-state index contributed by atoms with van der Waals surface area (Å²) in [4.78, 5) is 16.9. The number of nitrogen functional groups attached to an aromatic ring is 1. The van der Waals surface area contributed by atoms with E-state index < -0.39 is 11.7 Å². The largest absolute Gasteiger partial charge is 0.416 e. The lowest BCUT2D eigenvalue weighted by atomic mass is 10.1. The first-order valence-corrected chi connectivity index (χ1v) is 10.7. The monoisotopic (exact) mass is 477 g/mol. The summed E-state index contributed by atoms with van der Waals surface area (Å²) in [5.74, 6) is 0.930. The maximum Gasteiger partial charge on any atom is 0.416 e. The van der Waals surface area contributed by atoms with Crippen molar-refractivity contribution in [2.24, 2.45) is 0 Å². The van der Waals surface area contributed by atoms with Gasteiger partial charge in [-0.1, -0.05) is 23.7 Å². The number of halogens is 4. The molecule has 11 heteroatoms. The lowest BCUT2D eigenvalue weighted by Gasteiger charge is -2.36. The number of alkyl halides is 3. The average molecular weight is 478 g/mol. The highest BCUT2D eigenvalue weighted by atomic mass is 35.5. The van der Waals surface area contributed by atoms with Gasteiger partial charge in [-0.05, 0) is 42.8 Å². The van der Waals surface area contributed by atoms with Crippen molar-refractivity contribution in [2.45, 2.75) is 19.6 Å². The summed E-state index contributed by atoms with van der Waals surface area (Å²) < 4.78 is 39.0. The third-order valence-corrected chi connectivity index (χ3v) is 5.81. The van der Waals surface area contributed by atoms with Crippen LogP contribution in [0, 0.1) is 6.92 Å². The van der Waals surface area contributed by atoms with Crippen molar-refractivity contribution < 1.29 is 13.2 Å². The van der Waals surface area contributed by atoms with E-state index in [9.17, 15) is 13.2 Å². The molecule has 2 aromatic carbocycles. The van der Waals surface area contributed by atoms with Crippen molar-refractivity contribution in [1.82, 2.24) is 19.9 Å². The minimum Gasteiger partial charge on any atom is -0.369 e. The zero-order valence-corrected chi connectivity index (χ0v) is 18.7. The smallest absolute Gasteiger partial charge is 0.369 e. The molecule has 33 heavy (non-hydrogen) atoms. The van der Waals surface area contributed by atoms with Gasteiger partial charge in [0.25, 0.3) is 0 Å². The molecule has 1 aliphatic heterocycles. The number of hydrogen-bond acceptors (Lipinski definition) is 7. The van der Waals surface area contributed by atoms with Crippen molar-refractivity contribution in [2.75, 3.05) is 42.1 Å². The summed E-state index contributed by atoms with van der Waals surface area (Å²) in [5.41, 5.74) is 7.49. The van der Waals surface area contributed by atoms with Gasteiger partial charge in [0.05, 0.1) is 12.1 Å². The van der Waals surface area contributed by atoms with Crippen molar-refractivity contribution in [3.63, 3.8) is 0 Å². The van der Waals surface area contributed by atoms with E-state index in [1.54, 1.807) is 12.1 Å². The molecule has 1 saturated heterocycles. The molecule has 0 amide bonds. The minimum absolute atomic E-state index is 0.100. The number of anilines is 4. The molecule has 2 heterocycles. The van der Waals surface area contributed by atoms with Gasteiger partial charge >= 0.3 is 6.18 Å². The maximum atomic E-state index is 13.0. The molecule has 7 nitrogen and oxygen atoms in total. The molecule has 3 N–H and O–H groups in total. The Bertz CT molecular complexity index is 1130. The number of aromatic nitrogens is 3. The number of nitrogens with one attached hydrogen (secondary N) is 1. The van der Waals surface area contributed by atoms with E-state index in [4.69, 9.17) is 17.3 Å². The first kappa shape index (κ1) is 23.1. The molecule has 0 aliphatic carbocycles. The first-order chi connectivity index (χ1) is 15.7. The third kappa shape index (κ3) is 5.82. The molecule has 1 aromatic heterocycles. The zero-order valence-electron chi connectivity index (χ0n) is 17.9. The number of hydrogen-bond donors (Lipinski definition) is 2. The van der Waals surface area contributed by atoms with Crippen molar-refractivity contribution in [3.8, 4) is 0 Å². The highest BCUT2D eigenvalue weighted by Crippen LogP contribution is 2.32. The van der Waals surface area contributed by atoms with Gasteiger partial charge in [0, 0.05) is 42.6 Å². The van der Waals surface area contributed by atoms with Gasteiger partial charge in [-0.2, -0.15) is 28.1 Å². The van der Waals surface area contributed by atoms with Crippen LogP contribution in [0.4, 0.5) is 36.4 Å². The topological polar surface area (TPSA) is 83.2 Å². The second-order valence-corrected chi connectivity index (χ2v) is 8.24. The standard InChI is InChI=1S/C22H23ClF3N7/c1-14-5-6-16(12-18(14)23)28-21-30-19(29-20(27)31-21)13-32-7-9-33(10-8-32)17-4-2-3-15(11-17)22(24,25)26/h2-6,11-12H,7-10,13H2,1H3,(H3,27,28,29,30,31). The number of piperazine rings is 1. The van der Waals surface area contributed by atoms with Crippen LogP contribution >= 0.6 is 11.6 Å². The van der Waals surface area contributed by atoms with Crippen LogP contribution in [-0.2, 0) is 12.7 Å². The Morgan fingerprint density at radius 1 is 1.03 bits per heavy atom. The Labute approximate surface area is 194 Å². The summed E-state index contributed by atoms with van der Waals surface area (Å²) in [6, 6.07) is 11.0. The molecule has 0 atom stereocenters. The van der Waals surface area contributed by atoms with Gasteiger partial charge in [-0.15, -0.1) is 0 Å². The highest BCUT2D eigenvalue weighted by molar-refractivity contribution is 6.31. The number of nitrogens with two attached hydrogens (primary N) is 1. The first-order valence-electron chi connectivity index (χ1n) is 10.4. The molecule has 174 valence electrons. The molecule has 1 fully saturated rings. The molecule has 0 bridgehead atoms. The van der Waals surface area contributed by atoms with E-state index in [1.807, 2.05) is 24.0 Å². The Kier molecular flexibility index (Phi) is 6.57. The van der Waals surface area contributed by atoms with Crippen LogP contribution in [-0.4, -0.2) is 46.0 Å². The Morgan fingerprint density at radius 2 is 1.79 bits per heavy atom. The molecule has 0 radical (unpaired) electrons. The van der Waals surface area contributed by atoms with E-state index in [2.05, 4.69) is 25.2 Å². The predicted molar refractivity (Wildman–Crippen MR) is 123 cm³/mol. The fourth-order valence-corrected chi connectivity index (χ4v) is 3.79. The van der Waals surface area contributed by atoms with Crippen molar-refractivity contribution in [3.05, 3.63) is 64.4 Å². The van der Waals surface area contributed by atoms with Crippen LogP contribution in [0.15, 0.2) is 42.5 Å². The van der Waals surface area contributed by atoms with Crippen LogP contribution in [0.5, 0.6) is 0 Å². The van der Waals surface area contributed by atoms with Gasteiger partial charge in [-0.25, -0.2) is 0 Å². The zero-order chi connectivity index (χ0) is 23.6. The lowest BCUT2D eigenvalue weighted by molar-refractivity contribution is -0.137. The summed E-state index contributed by atoms with van der Waals surface area (Å²) in [6.45, 7) is 4.85. The van der Waals surface area contributed by atoms with Crippen LogP contribution in [0.25, 0.3) is 0 Å². The Balaban J connectivity index is 1.39. The van der Waals surface area contributed by atoms with Gasteiger partial charge in [0.2, 0.25) is 11.9 Å². The summed E-state index contributed by atoms with van der Waals surface area (Å²) in [7, 11) is 0. The average Bonchev–Trinajstić information content (AvgIpc) is 2.76. The number of benzene rings is 2. The van der Waals surface area contributed by atoms with Gasteiger partial charge < -0.3 is 16.0 Å². The highest BCUT2D eigenvalue weighted by Gasteiger charge is 2.31. The Morgan fingerprint density at radius 3 is 2.48 bits per heavy atom. The minimum atomic E-state index is -4.36. The third-order valence-electron chi connectivity index (χ3n) is 5.40. The van der Waals surface area contributed by atoms with E-state index in [0.717, 1.165) is 17.3 Å². The molecular formula is C22H23ClF3N7. The molecule has 4 rings (SSSR count). The van der Waals surface area contributed by atoms with Gasteiger partial charge in [0.15, 0.2) is 0 Å². The fraction of sp³-hybridized carbons (Fsp3) is 0.318. The molecule has 1 aliphatic rings. The maximum absolute atomic E-state index is 13.0. The molecule has 0 spiro atoms. The van der Waals surface area contributed by atoms with Crippen LogP contribution in [0.1, 0.15) is 17.0 Å². The molecular weight excluding hydrogens is 455 g/mol. The van der Waals surface area contributed by atoms with E-state index in [-0.39, 0.29) is 5.95 Å². The second-order valence-electron chi connectivity index (χ2n) is 7.83. The number of nitrogens with zero attached hydrogens (tertiary/aromatic N) is 5. The van der Waals surface area contributed by atoms with Gasteiger partial charge in [0.1, 0.15) is 5.82 Å². The van der Waals surface area contributed by atoms with E-state index in [1.165, 1.54) is 12.1 Å². The lowest BCUT2D eigenvalue weighted by Crippen LogP contribution is -2.46. The molecule has 3 aromatic rings. The Hall–Kier alpha value is -3.11. The van der Waals surface area contributed by atoms with Crippen LogP contribution < -0.4 is 16.0 Å². The quantitative estimate of drug-likeness (QED) is 0.559. The normalized spacial score (nSPS) is 15.0. The molecule has 0 saturated carbocycles. The van der Waals surface area contributed by atoms with Crippen molar-refractivity contribution in [1.29, 1.82) is 0 Å². The van der Waals surface area contributed by atoms with Gasteiger partial charge in [-0.3, -0.25) is 4.90 Å². The van der Waals surface area contributed by atoms with Crippen LogP contribution in [0.2, 0.25) is 5.02 Å². The van der Waals surface area contributed by atoms with Crippen molar-refractivity contribution >= 4 is 34.9 Å². The second kappa shape index (κ2) is 9.40. The van der Waals surface area contributed by atoms with E-state index >= 15 is 0 Å². The van der Waals surface area contributed by atoms with E-state index in [0.29, 0.717) is 55.2 Å². The fourth-order valence-electron chi connectivity index (χ4n) is 3.61. The summed E-state index contributed by atoms with van der Waals surface area (Å²) >= 11 is 6.17. The summed E-state index contributed by atoms with van der Waals surface area (Å²) in [5, 5.41) is 3.72. The molecule has 0 unspecified atom stereocenters.